The van der Waals surface area contributed by atoms with E-state index in [9.17, 15) is 9.59 Å². The van der Waals surface area contributed by atoms with E-state index in [2.05, 4.69) is 33.2 Å². The highest BCUT2D eigenvalue weighted by atomic mass is 16.5. The Bertz CT molecular complexity index is 1490. The van der Waals surface area contributed by atoms with Crippen LogP contribution in [0.5, 0.6) is 0 Å². The summed E-state index contributed by atoms with van der Waals surface area (Å²) in [6, 6.07) is 11.9. The minimum Gasteiger partial charge on any atom is -0.460 e. The SMILES string of the molecule is Cc1cccc(C)c1N1Cc2cnc3nc2N(C/C=C\CC(=O)OCc2cc(ccc2N2CCN(C)CC2)N3)C1=O. The molecule has 2 amide bonds. The van der Waals surface area contributed by atoms with Gasteiger partial charge in [0.1, 0.15) is 12.4 Å². The first-order valence-electron chi connectivity index (χ1n) is 14.0. The third kappa shape index (κ3) is 5.47. The molecule has 0 atom stereocenters. The quantitative estimate of drug-likeness (QED) is 0.365. The van der Waals surface area contributed by atoms with Crippen LogP contribution in [0, 0.1) is 13.8 Å². The zero-order valence-electron chi connectivity index (χ0n) is 23.8. The predicted octanol–water partition coefficient (Wildman–Crippen LogP) is 4.54. The highest BCUT2D eigenvalue weighted by Crippen LogP contribution is 2.35. The molecular formula is C31H35N7O3. The number of carbonyl (C=O) groups is 2. The summed E-state index contributed by atoms with van der Waals surface area (Å²) in [5, 5.41) is 3.31. The monoisotopic (exact) mass is 553 g/mol. The summed E-state index contributed by atoms with van der Waals surface area (Å²) in [4.78, 5) is 44.1. The van der Waals surface area contributed by atoms with Gasteiger partial charge >= 0.3 is 12.0 Å². The van der Waals surface area contributed by atoms with E-state index in [0.29, 0.717) is 18.3 Å². The number of ether oxygens (including phenoxy) is 1. The van der Waals surface area contributed by atoms with E-state index in [4.69, 9.17) is 9.72 Å². The second kappa shape index (κ2) is 11.2. The fourth-order valence-corrected chi connectivity index (χ4v) is 5.69. The van der Waals surface area contributed by atoms with Crippen molar-refractivity contribution in [2.75, 3.05) is 59.8 Å². The number of fused-ring (bicyclic) bond motifs is 3. The number of nitrogens with zero attached hydrogens (tertiary/aromatic N) is 6. The van der Waals surface area contributed by atoms with Gasteiger partial charge in [0, 0.05) is 61.4 Å². The van der Waals surface area contributed by atoms with Crippen molar-refractivity contribution < 1.29 is 14.3 Å². The number of aryl methyl sites for hydroxylation is 2. The van der Waals surface area contributed by atoms with Crippen molar-refractivity contribution in [3.63, 3.8) is 0 Å². The molecule has 3 aliphatic rings. The average Bonchev–Trinajstić information content (AvgIpc) is 2.96. The van der Waals surface area contributed by atoms with Crippen molar-refractivity contribution in [1.82, 2.24) is 14.9 Å². The number of esters is 1. The summed E-state index contributed by atoms with van der Waals surface area (Å²) in [5.41, 5.74) is 6.55. The van der Waals surface area contributed by atoms with Crippen LogP contribution >= 0.6 is 0 Å². The maximum Gasteiger partial charge on any atom is 0.330 e. The number of amides is 2. The van der Waals surface area contributed by atoms with Crippen molar-refractivity contribution in [2.24, 2.45) is 0 Å². The van der Waals surface area contributed by atoms with Crippen molar-refractivity contribution in [3.8, 4) is 0 Å². The average molecular weight is 554 g/mol. The zero-order chi connectivity index (χ0) is 28.5. The van der Waals surface area contributed by atoms with E-state index in [-0.39, 0.29) is 31.6 Å². The lowest BCUT2D eigenvalue weighted by Crippen LogP contribution is -2.48. The first kappa shape index (κ1) is 26.8. The lowest BCUT2D eigenvalue weighted by Gasteiger charge is -2.37. The number of rotatable bonds is 2. The molecule has 1 N–H and O–H groups in total. The van der Waals surface area contributed by atoms with Crippen LogP contribution in [0.25, 0.3) is 0 Å². The third-order valence-corrected chi connectivity index (χ3v) is 7.90. The van der Waals surface area contributed by atoms with Gasteiger partial charge in [-0.1, -0.05) is 30.4 Å². The van der Waals surface area contributed by atoms with Gasteiger partial charge in [0.05, 0.1) is 18.7 Å². The standard InChI is InChI=1S/C31H35N7O3/c1-21-7-6-8-22(2)28(21)38-19-24-18-32-30-33-25-10-11-26(36-15-13-35(3)14-16-36)23(17-25)20-41-27(39)9-4-5-12-37(31(38)40)29(24)34-30/h4-8,10-11,17-18H,9,12-16,19-20H2,1-3H3,(H,32,33,34)/b5-4-. The summed E-state index contributed by atoms with van der Waals surface area (Å²) in [6.07, 6.45) is 5.48. The Morgan fingerprint density at radius 2 is 1.71 bits per heavy atom. The van der Waals surface area contributed by atoms with Gasteiger partial charge in [0.25, 0.3) is 0 Å². The van der Waals surface area contributed by atoms with E-state index in [1.165, 1.54) is 0 Å². The zero-order valence-corrected chi connectivity index (χ0v) is 23.8. The third-order valence-electron chi connectivity index (χ3n) is 7.90. The second-order valence-corrected chi connectivity index (χ2v) is 10.9. The molecule has 3 aliphatic heterocycles. The van der Waals surface area contributed by atoms with Gasteiger partial charge in [-0.25, -0.2) is 9.78 Å². The number of urea groups is 1. The van der Waals surface area contributed by atoms with Gasteiger partial charge in [-0.05, 0) is 50.2 Å². The Kier molecular flexibility index (Phi) is 7.32. The van der Waals surface area contributed by atoms with Gasteiger partial charge in [0.15, 0.2) is 0 Å². The fourth-order valence-electron chi connectivity index (χ4n) is 5.69. The molecule has 10 heteroatoms. The number of cyclic esters (lactones) is 1. The fraction of sp³-hybridized carbons (Fsp3) is 0.355. The maximum absolute atomic E-state index is 13.9. The lowest BCUT2D eigenvalue weighted by atomic mass is 10.1. The first-order chi connectivity index (χ1) is 19.9. The molecule has 0 unspecified atom stereocenters. The molecule has 0 aliphatic carbocycles. The Morgan fingerprint density at radius 1 is 0.927 bits per heavy atom. The lowest BCUT2D eigenvalue weighted by molar-refractivity contribution is -0.143. The molecule has 1 saturated heterocycles. The Balaban J connectivity index is 1.37. The van der Waals surface area contributed by atoms with Crippen molar-refractivity contribution in [2.45, 2.75) is 33.4 Å². The number of anilines is 5. The number of carbonyl (C=O) groups excluding carboxylic acids is 2. The summed E-state index contributed by atoms with van der Waals surface area (Å²) < 4.78 is 5.69. The highest BCUT2D eigenvalue weighted by Gasteiger charge is 2.34. The number of aromatic nitrogens is 2. The topological polar surface area (TPSA) is 94.1 Å². The van der Waals surface area contributed by atoms with Crippen LogP contribution in [0.4, 0.5) is 33.6 Å². The predicted molar refractivity (Wildman–Crippen MR) is 160 cm³/mol. The minimum absolute atomic E-state index is 0.117. The van der Waals surface area contributed by atoms with Crippen molar-refractivity contribution in [3.05, 3.63) is 77.0 Å². The smallest absolute Gasteiger partial charge is 0.330 e. The number of para-hydroxylation sites is 1. The normalized spacial score (nSPS) is 18.8. The molecule has 4 heterocycles. The van der Waals surface area contributed by atoms with Gasteiger partial charge in [-0.15, -0.1) is 0 Å². The van der Waals surface area contributed by atoms with Crippen molar-refractivity contribution in [1.29, 1.82) is 0 Å². The summed E-state index contributed by atoms with van der Waals surface area (Å²) >= 11 is 0. The molecule has 0 spiro atoms. The number of hydrogen-bond acceptors (Lipinski definition) is 8. The Hall–Kier alpha value is -4.44. The van der Waals surface area contributed by atoms with Crippen LogP contribution in [0.3, 0.4) is 0 Å². The minimum atomic E-state index is -0.318. The molecule has 212 valence electrons. The van der Waals surface area contributed by atoms with Crippen LogP contribution < -0.4 is 20.0 Å². The summed E-state index contributed by atoms with van der Waals surface area (Å²) in [5.74, 6) is 0.643. The van der Waals surface area contributed by atoms with Crippen LogP contribution in [0.15, 0.2) is 54.7 Å². The van der Waals surface area contributed by atoms with Crippen LogP contribution in [0.2, 0.25) is 0 Å². The Labute approximate surface area is 240 Å². The van der Waals surface area contributed by atoms with Gasteiger partial charge in [-0.3, -0.25) is 14.6 Å². The Morgan fingerprint density at radius 3 is 2.49 bits per heavy atom. The molecule has 1 aromatic heterocycles. The van der Waals surface area contributed by atoms with Crippen LogP contribution in [-0.4, -0.2) is 66.6 Å². The molecule has 3 aromatic rings. The molecule has 1 fully saturated rings. The first-order valence-corrected chi connectivity index (χ1v) is 14.0. The van der Waals surface area contributed by atoms with Gasteiger partial charge in [-0.2, -0.15) is 4.98 Å². The molecule has 0 saturated carbocycles. The van der Waals surface area contributed by atoms with E-state index >= 15 is 0 Å². The van der Waals surface area contributed by atoms with Crippen LogP contribution in [-0.2, 0) is 22.7 Å². The van der Waals surface area contributed by atoms with Gasteiger partial charge in [0.2, 0.25) is 5.95 Å². The molecule has 2 aromatic carbocycles. The van der Waals surface area contributed by atoms with Crippen LogP contribution in [0.1, 0.15) is 28.7 Å². The summed E-state index contributed by atoms with van der Waals surface area (Å²) in [6.45, 7) is 8.59. The van der Waals surface area contributed by atoms with E-state index in [0.717, 1.165) is 65.5 Å². The molecule has 0 radical (unpaired) electrons. The molecule has 4 bridgehead atoms. The van der Waals surface area contributed by atoms with E-state index in [1.54, 1.807) is 22.1 Å². The number of piperazine rings is 1. The van der Waals surface area contributed by atoms with E-state index in [1.807, 2.05) is 50.3 Å². The number of hydrogen-bond donors (Lipinski definition) is 1. The molecule has 41 heavy (non-hydrogen) atoms. The molecular weight excluding hydrogens is 518 g/mol. The number of nitrogens with one attached hydrogen (secondary N) is 1. The highest BCUT2D eigenvalue weighted by molar-refractivity contribution is 6.06. The summed E-state index contributed by atoms with van der Waals surface area (Å²) in [7, 11) is 2.13. The largest absolute Gasteiger partial charge is 0.460 e. The molecule has 6 rings (SSSR count). The maximum atomic E-state index is 13.9. The second-order valence-electron chi connectivity index (χ2n) is 10.9. The van der Waals surface area contributed by atoms with E-state index < -0.39 is 0 Å². The number of likely N-dealkylation sites (N-methyl/N-ethyl adjacent to an activating group) is 1. The van der Waals surface area contributed by atoms with Crippen molar-refractivity contribution >= 4 is 40.8 Å². The molecule has 10 nitrogen and oxygen atoms in total. The van der Waals surface area contributed by atoms with Gasteiger partial charge < -0.3 is 19.9 Å². The number of benzene rings is 2.